The first-order valence-electron chi connectivity index (χ1n) is 8.59. The Bertz CT molecular complexity index is 879. The second-order valence-corrected chi connectivity index (χ2v) is 6.57. The van der Waals surface area contributed by atoms with Gasteiger partial charge >= 0.3 is 5.97 Å². The number of phenols is 1. The first-order valence-corrected chi connectivity index (χ1v) is 8.59. The highest BCUT2D eigenvalue weighted by molar-refractivity contribution is 5.83. The molecule has 2 aromatic carbocycles. The van der Waals surface area contributed by atoms with Gasteiger partial charge in [-0.05, 0) is 35.9 Å². The largest absolute Gasteiger partial charge is 0.508 e. The van der Waals surface area contributed by atoms with Gasteiger partial charge in [0.25, 0.3) is 0 Å². The van der Waals surface area contributed by atoms with Crippen molar-refractivity contribution >= 4 is 12.0 Å². The summed E-state index contributed by atoms with van der Waals surface area (Å²) in [6.07, 6.45) is -4.28. The lowest BCUT2D eigenvalue weighted by molar-refractivity contribution is -0.384. The summed E-state index contributed by atoms with van der Waals surface area (Å²) in [4.78, 5) is 12.0. The number of aliphatic hydroxyl groups is 4. The first kappa shape index (κ1) is 20.8. The van der Waals surface area contributed by atoms with E-state index in [1.807, 2.05) is 0 Å². The van der Waals surface area contributed by atoms with Crippen molar-refractivity contribution in [3.63, 3.8) is 0 Å². The number of phenolic OH excluding ortho intramolecular Hbond substituents is 1. The van der Waals surface area contributed by atoms with E-state index in [1.54, 1.807) is 18.2 Å². The van der Waals surface area contributed by atoms with Crippen LogP contribution in [0.4, 0.5) is 0 Å². The molecule has 6 N–H and O–H groups in total. The van der Waals surface area contributed by atoms with Gasteiger partial charge in [-0.15, -0.1) is 0 Å². The highest BCUT2D eigenvalue weighted by Gasteiger charge is 2.65. The van der Waals surface area contributed by atoms with Crippen molar-refractivity contribution in [1.82, 2.24) is 0 Å². The van der Waals surface area contributed by atoms with E-state index >= 15 is 0 Å². The summed E-state index contributed by atoms with van der Waals surface area (Å²) in [5, 5.41) is 60.2. The molecule has 1 aliphatic heterocycles. The molecule has 1 fully saturated rings. The van der Waals surface area contributed by atoms with E-state index in [9.17, 15) is 35.4 Å². The van der Waals surface area contributed by atoms with E-state index in [0.29, 0.717) is 5.56 Å². The van der Waals surface area contributed by atoms with Gasteiger partial charge in [0.05, 0.1) is 0 Å². The summed E-state index contributed by atoms with van der Waals surface area (Å²) in [7, 11) is 0. The zero-order chi connectivity index (χ0) is 21.2. The van der Waals surface area contributed by atoms with Gasteiger partial charge in [0.15, 0.2) is 12.2 Å². The third-order valence-corrected chi connectivity index (χ3v) is 4.56. The number of benzene rings is 2. The van der Waals surface area contributed by atoms with Crippen molar-refractivity contribution in [2.45, 2.75) is 29.9 Å². The van der Waals surface area contributed by atoms with Crippen molar-refractivity contribution in [2.75, 3.05) is 0 Å². The standard InChI is InChI=1S/C20H20O9/c21-13-8-6-12(7-9-13)10-11-19(18(24)25)17(23)20(26,27)15(22)16(29-19)28-14-4-2-1-3-5-14/h1-11,15-17,21-23,26-27H,(H,24,25)/b11-10-/t15-,16+,17+,19-/m0/s1. The third kappa shape index (κ3) is 3.95. The molecule has 0 radical (unpaired) electrons. The fraction of sp³-hybridized carbons (Fsp3) is 0.250. The van der Waals surface area contributed by atoms with Gasteiger partial charge in [0.2, 0.25) is 17.7 Å². The van der Waals surface area contributed by atoms with Gasteiger partial charge in [0, 0.05) is 0 Å². The highest BCUT2D eigenvalue weighted by atomic mass is 16.7. The van der Waals surface area contributed by atoms with Crippen LogP contribution < -0.4 is 4.74 Å². The van der Waals surface area contributed by atoms with Crippen LogP contribution in [0.2, 0.25) is 0 Å². The molecule has 9 nitrogen and oxygen atoms in total. The molecule has 1 aliphatic rings. The number of ether oxygens (including phenoxy) is 2. The second kappa shape index (κ2) is 7.82. The Balaban J connectivity index is 1.99. The van der Waals surface area contributed by atoms with Gasteiger partial charge in [-0.25, -0.2) is 4.79 Å². The van der Waals surface area contributed by atoms with E-state index in [2.05, 4.69) is 0 Å². The number of rotatable bonds is 5. The van der Waals surface area contributed by atoms with E-state index in [1.165, 1.54) is 42.5 Å². The van der Waals surface area contributed by atoms with Gasteiger partial charge in [0.1, 0.15) is 11.5 Å². The number of aliphatic hydroxyl groups excluding tert-OH is 2. The average molecular weight is 404 g/mol. The predicted octanol–water partition coefficient (Wildman–Crippen LogP) is 0.0668. The number of carbonyl (C=O) groups is 1. The first-order chi connectivity index (χ1) is 13.7. The SMILES string of the molecule is O=C(O)[C@@]1(/C=C\c2ccc(O)cc2)O[C@@H](Oc2ccccc2)[C@H](O)C(O)(O)[C@@H]1O. The molecule has 2 aromatic rings. The summed E-state index contributed by atoms with van der Waals surface area (Å²) in [6, 6.07) is 13.6. The lowest BCUT2D eigenvalue weighted by Gasteiger charge is -2.48. The summed E-state index contributed by atoms with van der Waals surface area (Å²) in [5.41, 5.74) is -2.22. The monoisotopic (exact) mass is 404 g/mol. The molecule has 0 unspecified atom stereocenters. The van der Waals surface area contributed by atoms with Gasteiger partial charge in [-0.1, -0.05) is 36.4 Å². The lowest BCUT2D eigenvalue weighted by atomic mass is 9.83. The maximum Gasteiger partial charge on any atom is 0.343 e. The average Bonchev–Trinajstić information content (AvgIpc) is 2.70. The minimum Gasteiger partial charge on any atom is -0.508 e. The van der Waals surface area contributed by atoms with E-state index < -0.39 is 35.9 Å². The van der Waals surface area contributed by atoms with Crippen LogP contribution in [0.3, 0.4) is 0 Å². The fourth-order valence-corrected chi connectivity index (χ4v) is 2.89. The molecular weight excluding hydrogens is 384 g/mol. The molecule has 0 aliphatic carbocycles. The smallest absolute Gasteiger partial charge is 0.343 e. The number of hydrogen-bond acceptors (Lipinski definition) is 8. The van der Waals surface area contributed by atoms with Crippen LogP contribution >= 0.6 is 0 Å². The van der Waals surface area contributed by atoms with Gasteiger partial charge in [-0.2, -0.15) is 0 Å². The Kier molecular flexibility index (Phi) is 5.60. The maximum absolute atomic E-state index is 12.0. The van der Waals surface area contributed by atoms with E-state index in [-0.39, 0.29) is 11.5 Å². The Morgan fingerprint density at radius 2 is 1.66 bits per heavy atom. The molecule has 0 saturated carbocycles. The van der Waals surface area contributed by atoms with Crippen molar-refractivity contribution < 1.29 is 44.9 Å². The molecule has 1 heterocycles. The van der Waals surface area contributed by atoms with Crippen LogP contribution in [0.1, 0.15) is 5.56 Å². The molecule has 3 rings (SSSR count). The highest BCUT2D eigenvalue weighted by Crippen LogP contribution is 2.38. The number of hydrogen-bond donors (Lipinski definition) is 6. The predicted molar refractivity (Wildman–Crippen MR) is 98.6 cm³/mol. The number of carboxylic acid groups (broad SMARTS) is 1. The Morgan fingerprint density at radius 3 is 2.24 bits per heavy atom. The van der Waals surface area contributed by atoms with E-state index in [4.69, 9.17) is 9.47 Å². The van der Waals surface area contributed by atoms with Crippen molar-refractivity contribution in [3.05, 3.63) is 66.2 Å². The van der Waals surface area contributed by atoms with E-state index in [0.717, 1.165) is 6.08 Å². The van der Waals surface area contributed by atoms with Crippen LogP contribution in [0, 0.1) is 0 Å². The van der Waals surface area contributed by atoms with Crippen LogP contribution in [0.5, 0.6) is 11.5 Å². The van der Waals surface area contributed by atoms with Crippen LogP contribution in [-0.4, -0.2) is 66.5 Å². The molecule has 154 valence electrons. The van der Waals surface area contributed by atoms with Crippen LogP contribution in [-0.2, 0) is 9.53 Å². The molecule has 0 aromatic heterocycles. The minimum absolute atomic E-state index is 0.00627. The third-order valence-electron chi connectivity index (χ3n) is 4.56. The normalized spacial score (nSPS) is 28.9. The molecule has 1 saturated heterocycles. The van der Waals surface area contributed by atoms with Crippen LogP contribution in [0.15, 0.2) is 60.7 Å². The second-order valence-electron chi connectivity index (χ2n) is 6.57. The number of para-hydroxylation sites is 1. The summed E-state index contributed by atoms with van der Waals surface area (Å²) < 4.78 is 10.8. The zero-order valence-electron chi connectivity index (χ0n) is 15.0. The molecule has 0 spiro atoms. The molecule has 4 atom stereocenters. The maximum atomic E-state index is 12.0. The van der Waals surface area contributed by atoms with Gasteiger partial charge < -0.3 is 40.1 Å². The van der Waals surface area contributed by atoms with Crippen molar-refractivity contribution in [2.24, 2.45) is 0 Å². The quantitative estimate of drug-likeness (QED) is 0.379. The molecule has 29 heavy (non-hydrogen) atoms. The molecule has 0 amide bonds. The summed E-state index contributed by atoms with van der Waals surface area (Å²) in [6.45, 7) is 0. The molecule has 9 heteroatoms. The number of aromatic hydroxyl groups is 1. The fourth-order valence-electron chi connectivity index (χ4n) is 2.89. The topological polar surface area (TPSA) is 157 Å². The summed E-state index contributed by atoms with van der Waals surface area (Å²) in [5.74, 6) is -4.82. The Morgan fingerprint density at radius 1 is 1.03 bits per heavy atom. The number of aliphatic carboxylic acids is 1. The molecular formula is C20H20O9. The van der Waals surface area contributed by atoms with Gasteiger partial charge in [-0.3, -0.25) is 0 Å². The zero-order valence-corrected chi connectivity index (χ0v) is 15.0. The Labute approximate surface area is 165 Å². The minimum atomic E-state index is -3.25. The van der Waals surface area contributed by atoms with Crippen LogP contribution in [0.25, 0.3) is 6.08 Å². The Hall–Kier alpha value is -2.95. The summed E-state index contributed by atoms with van der Waals surface area (Å²) >= 11 is 0. The van der Waals surface area contributed by atoms with Crippen molar-refractivity contribution in [3.8, 4) is 11.5 Å². The lowest BCUT2D eigenvalue weighted by Crippen LogP contribution is -2.74. The molecule has 0 bridgehead atoms. The number of carboxylic acids is 1. The van der Waals surface area contributed by atoms with Crippen molar-refractivity contribution in [1.29, 1.82) is 0 Å².